The molecule has 0 radical (unpaired) electrons. The van der Waals surface area contributed by atoms with Gasteiger partial charge in [0.25, 0.3) is 0 Å². The monoisotopic (exact) mass is 176 g/mol. The molecule has 70 valence electrons. The number of nitrogens with zero attached hydrogens (tertiary/aromatic N) is 2. The van der Waals surface area contributed by atoms with Crippen LogP contribution in [0.1, 0.15) is 26.2 Å². The van der Waals surface area contributed by atoms with E-state index in [2.05, 4.69) is 11.1 Å². The topological polar surface area (TPSA) is 27.0 Å². The molecule has 2 nitrogen and oxygen atoms in total. The number of rotatable bonds is 2. The summed E-state index contributed by atoms with van der Waals surface area (Å²) in [6, 6.07) is 2.02. The van der Waals surface area contributed by atoms with Gasteiger partial charge < -0.3 is 4.90 Å². The van der Waals surface area contributed by atoms with Crippen LogP contribution in [0.5, 0.6) is 0 Å². The zero-order valence-corrected chi connectivity index (χ0v) is 8.16. The second-order valence-electron chi connectivity index (χ2n) is 3.43. The van der Waals surface area contributed by atoms with Crippen LogP contribution in [0.15, 0.2) is 23.9 Å². The lowest BCUT2D eigenvalue weighted by Crippen LogP contribution is -2.24. The Balaban J connectivity index is 2.38. The van der Waals surface area contributed by atoms with E-state index in [1.807, 2.05) is 19.1 Å². The Kier molecular flexibility index (Phi) is 4.11. The summed E-state index contributed by atoms with van der Waals surface area (Å²) in [6.45, 7) is 4.27. The Bertz CT molecular complexity index is 239. The first-order valence-electron chi connectivity index (χ1n) is 4.81. The van der Waals surface area contributed by atoms with Gasteiger partial charge in [0.05, 0.1) is 6.07 Å². The fourth-order valence-electron chi connectivity index (χ4n) is 1.44. The quantitative estimate of drug-likeness (QED) is 0.477. The summed E-state index contributed by atoms with van der Waals surface area (Å²) in [7, 11) is 0. The van der Waals surface area contributed by atoms with Gasteiger partial charge in [-0.2, -0.15) is 5.26 Å². The van der Waals surface area contributed by atoms with Gasteiger partial charge in [-0.15, -0.1) is 0 Å². The number of likely N-dealkylation sites (tertiary alicyclic amines) is 1. The summed E-state index contributed by atoms with van der Waals surface area (Å²) in [5, 5.41) is 8.40. The molecule has 0 bridgehead atoms. The Morgan fingerprint density at radius 1 is 1.31 bits per heavy atom. The molecule has 0 aromatic rings. The zero-order chi connectivity index (χ0) is 9.52. The van der Waals surface area contributed by atoms with Gasteiger partial charge in [-0.3, -0.25) is 0 Å². The average Bonchev–Trinajstić information content (AvgIpc) is 2.17. The van der Waals surface area contributed by atoms with Crippen LogP contribution in [-0.2, 0) is 0 Å². The maximum atomic E-state index is 8.40. The molecule has 0 atom stereocenters. The lowest BCUT2D eigenvalue weighted by atomic mass is 10.1. The van der Waals surface area contributed by atoms with Gasteiger partial charge in [-0.05, 0) is 44.0 Å². The smallest absolute Gasteiger partial charge is 0.0914 e. The van der Waals surface area contributed by atoms with Crippen LogP contribution in [0.3, 0.4) is 0 Å². The predicted molar refractivity (Wildman–Crippen MR) is 53.9 cm³/mol. The standard InChI is InChI=1S/C11H16N2/c1-11(5-7-12)6-10-13-8-3-2-4-9-13/h5-6,10H,2-4,8-9H2,1H3/b10-6+,11-5+. The van der Waals surface area contributed by atoms with E-state index in [4.69, 9.17) is 5.26 Å². The summed E-state index contributed by atoms with van der Waals surface area (Å²) in [5.74, 6) is 0. The van der Waals surface area contributed by atoms with Gasteiger partial charge in [-0.25, -0.2) is 0 Å². The van der Waals surface area contributed by atoms with Gasteiger partial charge in [-0.1, -0.05) is 0 Å². The molecule has 1 fully saturated rings. The highest BCUT2D eigenvalue weighted by Crippen LogP contribution is 2.09. The highest BCUT2D eigenvalue weighted by Gasteiger charge is 2.04. The van der Waals surface area contributed by atoms with Gasteiger partial charge in [0.2, 0.25) is 0 Å². The molecule has 13 heavy (non-hydrogen) atoms. The van der Waals surface area contributed by atoms with E-state index < -0.39 is 0 Å². The third-order valence-corrected chi connectivity index (χ3v) is 2.23. The van der Waals surface area contributed by atoms with Crippen molar-refractivity contribution < 1.29 is 0 Å². The third kappa shape index (κ3) is 3.80. The lowest BCUT2D eigenvalue weighted by molar-refractivity contribution is 0.309. The highest BCUT2D eigenvalue weighted by atomic mass is 15.1. The van der Waals surface area contributed by atoms with E-state index in [-0.39, 0.29) is 0 Å². The molecule has 1 aliphatic rings. The summed E-state index contributed by atoms with van der Waals surface area (Å²) < 4.78 is 0. The second kappa shape index (κ2) is 5.42. The van der Waals surface area contributed by atoms with E-state index in [1.165, 1.54) is 19.3 Å². The molecular weight excluding hydrogens is 160 g/mol. The van der Waals surface area contributed by atoms with Gasteiger partial charge in [0, 0.05) is 19.2 Å². The number of hydrogen-bond donors (Lipinski definition) is 0. The van der Waals surface area contributed by atoms with Gasteiger partial charge >= 0.3 is 0 Å². The predicted octanol–water partition coefficient (Wildman–Crippen LogP) is 2.46. The highest BCUT2D eigenvalue weighted by molar-refractivity contribution is 5.22. The van der Waals surface area contributed by atoms with Crippen molar-refractivity contribution in [3.05, 3.63) is 23.9 Å². The van der Waals surface area contributed by atoms with Crippen LogP contribution < -0.4 is 0 Å². The van der Waals surface area contributed by atoms with Crippen molar-refractivity contribution >= 4 is 0 Å². The van der Waals surface area contributed by atoms with Crippen LogP contribution in [0.4, 0.5) is 0 Å². The van der Waals surface area contributed by atoms with Crippen LogP contribution in [-0.4, -0.2) is 18.0 Å². The molecular formula is C11H16N2. The van der Waals surface area contributed by atoms with Crippen LogP contribution in [0, 0.1) is 11.3 Å². The van der Waals surface area contributed by atoms with E-state index in [0.29, 0.717) is 0 Å². The molecule has 1 rings (SSSR count). The minimum Gasteiger partial charge on any atom is -0.377 e. The largest absolute Gasteiger partial charge is 0.377 e. The SMILES string of the molecule is CC(/C=C/N1CCCCC1)=C\C#N. The maximum absolute atomic E-state index is 8.40. The number of allylic oxidation sites excluding steroid dienone is 3. The lowest BCUT2D eigenvalue weighted by Gasteiger charge is -2.24. The summed E-state index contributed by atoms with van der Waals surface area (Å²) in [4.78, 5) is 2.32. The number of nitriles is 1. The normalized spacial score (nSPS) is 19.1. The van der Waals surface area contributed by atoms with Crippen molar-refractivity contribution in [3.8, 4) is 6.07 Å². The van der Waals surface area contributed by atoms with Gasteiger partial charge in [0.15, 0.2) is 0 Å². The second-order valence-corrected chi connectivity index (χ2v) is 3.43. The molecule has 1 heterocycles. The summed E-state index contributed by atoms with van der Waals surface area (Å²) >= 11 is 0. The Hall–Kier alpha value is -1.23. The van der Waals surface area contributed by atoms with Crippen molar-refractivity contribution in [3.63, 3.8) is 0 Å². The zero-order valence-electron chi connectivity index (χ0n) is 8.16. The van der Waals surface area contributed by atoms with Crippen LogP contribution in [0.25, 0.3) is 0 Å². The minimum absolute atomic E-state index is 1.02. The van der Waals surface area contributed by atoms with Crippen LogP contribution in [0.2, 0.25) is 0 Å². The van der Waals surface area contributed by atoms with Crippen molar-refractivity contribution in [2.24, 2.45) is 0 Å². The fraction of sp³-hybridized carbons (Fsp3) is 0.545. The molecule has 1 saturated heterocycles. The fourth-order valence-corrected chi connectivity index (χ4v) is 1.44. The maximum Gasteiger partial charge on any atom is 0.0914 e. The van der Waals surface area contributed by atoms with Crippen molar-refractivity contribution in [2.75, 3.05) is 13.1 Å². The van der Waals surface area contributed by atoms with Crippen molar-refractivity contribution in [2.45, 2.75) is 26.2 Å². The van der Waals surface area contributed by atoms with E-state index in [1.54, 1.807) is 6.08 Å². The van der Waals surface area contributed by atoms with E-state index in [0.717, 1.165) is 18.7 Å². The molecule has 0 aromatic carbocycles. The Morgan fingerprint density at radius 2 is 2.00 bits per heavy atom. The van der Waals surface area contributed by atoms with Crippen molar-refractivity contribution in [1.29, 1.82) is 5.26 Å². The van der Waals surface area contributed by atoms with E-state index in [9.17, 15) is 0 Å². The first-order chi connectivity index (χ1) is 6.33. The average molecular weight is 176 g/mol. The summed E-state index contributed by atoms with van der Waals surface area (Å²) in [6.07, 6.45) is 9.63. The minimum atomic E-state index is 1.02. The molecule has 0 aliphatic carbocycles. The number of piperidine rings is 1. The molecule has 1 aliphatic heterocycles. The molecule has 0 saturated carbocycles. The van der Waals surface area contributed by atoms with E-state index >= 15 is 0 Å². The molecule has 0 spiro atoms. The first kappa shape index (κ1) is 9.85. The molecule has 0 N–H and O–H groups in total. The Morgan fingerprint density at radius 3 is 2.62 bits per heavy atom. The molecule has 0 unspecified atom stereocenters. The Labute approximate surface area is 80.2 Å². The first-order valence-corrected chi connectivity index (χ1v) is 4.81. The molecule has 2 heteroatoms. The summed E-state index contributed by atoms with van der Waals surface area (Å²) in [5.41, 5.74) is 1.02. The number of hydrogen-bond acceptors (Lipinski definition) is 2. The molecule has 0 amide bonds. The van der Waals surface area contributed by atoms with Gasteiger partial charge in [0.1, 0.15) is 0 Å². The van der Waals surface area contributed by atoms with Crippen molar-refractivity contribution in [1.82, 2.24) is 4.90 Å². The van der Waals surface area contributed by atoms with Crippen LogP contribution >= 0.6 is 0 Å². The molecule has 0 aromatic heterocycles. The third-order valence-electron chi connectivity index (χ3n) is 2.23.